The molecule has 0 bridgehead atoms. The molecule has 0 fully saturated rings. The summed E-state index contributed by atoms with van der Waals surface area (Å²) in [7, 11) is 0. The zero-order valence-corrected chi connectivity index (χ0v) is 15.6. The van der Waals surface area contributed by atoms with Gasteiger partial charge in [-0.2, -0.15) is 5.10 Å². The normalized spacial score (nSPS) is 18.0. The van der Waals surface area contributed by atoms with Gasteiger partial charge in [-0.15, -0.1) is 0 Å². The maximum atomic E-state index is 12.8. The Bertz CT molecular complexity index is 989. The van der Waals surface area contributed by atoms with Crippen molar-refractivity contribution in [3.63, 3.8) is 0 Å². The molecule has 1 N–H and O–H groups in total. The first-order valence-corrected chi connectivity index (χ1v) is 9.21. The molecule has 4 heteroatoms. The van der Waals surface area contributed by atoms with E-state index in [4.69, 9.17) is 0 Å². The largest absolute Gasteiger partial charge is 0.338 e. The van der Waals surface area contributed by atoms with Gasteiger partial charge in [0.15, 0.2) is 0 Å². The van der Waals surface area contributed by atoms with Crippen LogP contribution in [0, 0.1) is 0 Å². The Morgan fingerprint density at radius 3 is 2.52 bits per heavy atom. The van der Waals surface area contributed by atoms with Crippen LogP contribution in [0.4, 0.5) is 4.79 Å². The van der Waals surface area contributed by atoms with Gasteiger partial charge in [-0.1, -0.05) is 72.8 Å². The number of carbonyl (C=O) groups excluding carboxylic acids is 1. The van der Waals surface area contributed by atoms with Gasteiger partial charge in [-0.25, -0.2) is 9.80 Å². The molecular weight excluding hydrogens is 334 g/mol. The molecule has 2 amide bonds. The number of carbonyl (C=O) groups is 1. The summed E-state index contributed by atoms with van der Waals surface area (Å²) < 4.78 is 0. The average molecular weight is 357 g/mol. The van der Waals surface area contributed by atoms with Gasteiger partial charge in [0.2, 0.25) is 0 Å². The highest BCUT2D eigenvalue weighted by molar-refractivity contribution is 5.86. The Balaban J connectivity index is 1.50. The third-order valence-electron chi connectivity index (χ3n) is 5.30. The molecule has 1 unspecified atom stereocenters. The van der Waals surface area contributed by atoms with E-state index in [0.29, 0.717) is 6.54 Å². The number of nitrogens with zero attached hydrogens (tertiary/aromatic N) is 2. The molecule has 0 radical (unpaired) electrons. The van der Waals surface area contributed by atoms with Crippen molar-refractivity contribution in [3.8, 4) is 0 Å². The van der Waals surface area contributed by atoms with Gasteiger partial charge in [0.05, 0.1) is 5.54 Å². The third-order valence-corrected chi connectivity index (χ3v) is 5.30. The van der Waals surface area contributed by atoms with Crippen LogP contribution in [0.5, 0.6) is 0 Å². The van der Waals surface area contributed by atoms with Gasteiger partial charge < -0.3 is 5.32 Å². The van der Waals surface area contributed by atoms with E-state index in [1.54, 1.807) is 5.01 Å². The molecule has 0 aliphatic carbocycles. The number of benzene rings is 3. The molecule has 1 aliphatic rings. The van der Waals surface area contributed by atoms with Crippen LogP contribution in [0.3, 0.4) is 0 Å². The smallest absolute Gasteiger partial charge is 0.332 e. The highest BCUT2D eigenvalue weighted by Crippen LogP contribution is 2.36. The van der Waals surface area contributed by atoms with Crippen molar-refractivity contribution >= 4 is 23.0 Å². The van der Waals surface area contributed by atoms with E-state index in [9.17, 15) is 4.79 Å². The first-order chi connectivity index (χ1) is 13.1. The summed E-state index contributed by atoms with van der Waals surface area (Å²) in [4.78, 5) is 12.8. The van der Waals surface area contributed by atoms with E-state index in [1.807, 2.05) is 48.7 Å². The van der Waals surface area contributed by atoms with Crippen LogP contribution in [0.1, 0.15) is 30.9 Å². The number of rotatable bonds is 3. The SMILES string of the molecule is CC1(C)C(c2ccccc2)C=NN1C(=O)NCc1cccc2ccccc12. The zero-order chi connectivity index (χ0) is 18.9. The van der Waals surface area contributed by atoms with E-state index in [1.165, 1.54) is 5.39 Å². The van der Waals surface area contributed by atoms with Crippen molar-refractivity contribution in [2.45, 2.75) is 31.8 Å². The number of hydrogen-bond donors (Lipinski definition) is 1. The summed E-state index contributed by atoms with van der Waals surface area (Å²) in [5, 5.41) is 11.3. The Hall–Kier alpha value is -3.14. The van der Waals surface area contributed by atoms with Crippen molar-refractivity contribution < 1.29 is 4.79 Å². The van der Waals surface area contributed by atoms with Crippen LogP contribution < -0.4 is 5.32 Å². The Morgan fingerprint density at radius 1 is 1.00 bits per heavy atom. The van der Waals surface area contributed by atoms with Crippen LogP contribution in [0.15, 0.2) is 77.9 Å². The molecule has 1 aliphatic heterocycles. The van der Waals surface area contributed by atoms with Gasteiger partial charge in [0.25, 0.3) is 0 Å². The van der Waals surface area contributed by atoms with Crippen molar-refractivity contribution in [2.75, 3.05) is 0 Å². The maximum absolute atomic E-state index is 12.8. The molecule has 3 aromatic rings. The standard InChI is InChI=1S/C23H23N3O/c1-23(2)21(18-10-4-3-5-11-18)16-25-26(23)22(27)24-15-19-13-8-12-17-9-6-7-14-20(17)19/h3-14,16,21H,15H2,1-2H3,(H,24,27). The van der Waals surface area contributed by atoms with E-state index in [2.05, 4.69) is 54.6 Å². The quantitative estimate of drug-likeness (QED) is 0.711. The van der Waals surface area contributed by atoms with E-state index < -0.39 is 5.54 Å². The molecular formula is C23H23N3O. The van der Waals surface area contributed by atoms with E-state index >= 15 is 0 Å². The lowest BCUT2D eigenvalue weighted by molar-refractivity contribution is 0.146. The zero-order valence-electron chi connectivity index (χ0n) is 15.6. The predicted molar refractivity (Wildman–Crippen MR) is 110 cm³/mol. The van der Waals surface area contributed by atoms with Crippen LogP contribution in [-0.2, 0) is 6.54 Å². The van der Waals surface area contributed by atoms with Crippen LogP contribution >= 0.6 is 0 Å². The lowest BCUT2D eigenvalue weighted by atomic mass is 9.83. The monoisotopic (exact) mass is 357 g/mol. The molecule has 4 rings (SSSR count). The molecule has 0 aromatic heterocycles. The summed E-state index contributed by atoms with van der Waals surface area (Å²) in [6, 6.07) is 24.4. The van der Waals surface area contributed by atoms with E-state index in [-0.39, 0.29) is 11.9 Å². The number of amides is 2. The minimum absolute atomic E-state index is 0.0713. The Kier molecular flexibility index (Phi) is 4.40. The van der Waals surface area contributed by atoms with E-state index in [0.717, 1.165) is 16.5 Å². The fourth-order valence-electron chi connectivity index (χ4n) is 3.76. The maximum Gasteiger partial charge on any atom is 0.338 e. The average Bonchev–Trinajstić information content (AvgIpc) is 3.01. The fourth-order valence-corrected chi connectivity index (χ4v) is 3.76. The molecule has 1 heterocycles. The second-order valence-corrected chi connectivity index (χ2v) is 7.42. The first kappa shape index (κ1) is 17.3. The molecule has 27 heavy (non-hydrogen) atoms. The van der Waals surface area contributed by atoms with Crippen molar-refractivity contribution in [2.24, 2.45) is 5.10 Å². The van der Waals surface area contributed by atoms with Crippen molar-refractivity contribution in [1.29, 1.82) is 0 Å². The molecule has 0 saturated carbocycles. The van der Waals surface area contributed by atoms with Crippen molar-refractivity contribution in [3.05, 3.63) is 83.9 Å². The predicted octanol–water partition coefficient (Wildman–Crippen LogP) is 4.91. The summed E-state index contributed by atoms with van der Waals surface area (Å²) in [5.74, 6) is 0.0713. The van der Waals surface area contributed by atoms with Gasteiger partial charge in [-0.05, 0) is 35.7 Å². The summed E-state index contributed by atoms with van der Waals surface area (Å²) in [5.41, 5.74) is 1.84. The number of hydrazone groups is 1. The molecule has 0 saturated heterocycles. The Labute approximate surface area is 159 Å². The topological polar surface area (TPSA) is 44.7 Å². The van der Waals surface area contributed by atoms with Crippen LogP contribution in [0.2, 0.25) is 0 Å². The second kappa shape index (κ2) is 6.88. The highest BCUT2D eigenvalue weighted by Gasteiger charge is 2.42. The minimum Gasteiger partial charge on any atom is -0.332 e. The van der Waals surface area contributed by atoms with Crippen LogP contribution in [-0.4, -0.2) is 22.8 Å². The number of fused-ring (bicyclic) bond motifs is 1. The Morgan fingerprint density at radius 2 is 1.70 bits per heavy atom. The van der Waals surface area contributed by atoms with Gasteiger partial charge in [-0.3, -0.25) is 0 Å². The molecule has 136 valence electrons. The second-order valence-electron chi connectivity index (χ2n) is 7.42. The summed E-state index contributed by atoms with van der Waals surface area (Å²) in [6.45, 7) is 4.57. The number of urea groups is 1. The number of hydrogen-bond acceptors (Lipinski definition) is 2. The van der Waals surface area contributed by atoms with Crippen LogP contribution in [0.25, 0.3) is 10.8 Å². The molecule has 4 nitrogen and oxygen atoms in total. The molecule has 0 spiro atoms. The minimum atomic E-state index is -0.426. The highest BCUT2D eigenvalue weighted by atomic mass is 16.2. The first-order valence-electron chi connectivity index (χ1n) is 9.21. The fraction of sp³-hybridized carbons (Fsp3) is 0.217. The number of nitrogens with one attached hydrogen (secondary N) is 1. The van der Waals surface area contributed by atoms with Gasteiger partial charge in [0, 0.05) is 18.7 Å². The van der Waals surface area contributed by atoms with Gasteiger partial charge in [0.1, 0.15) is 0 Å². The summed E-state index contributed by atoms with van der Waals surface area (Å²) in [6.07, 6.45) is 1.87. The lowest BCUT2D eigenvalue weighted by Crippen LogP contribution is -2.48. The lowest BCUT2D eigenvalue weighted by Gasteiger charge is -2.33. The van der Waals surface area contributed by atoms with Gasteiger partial charge >= 0.3 is 6.03 Å². The summed E-state index contributed by atoms with van der Waals surface area (Å²) >= 11 is 0. The molecule has 1 atom stereocenters. The molecule has 3 aromatic carbocycles. The third kappa shape index (κ3) is 3.19. The van der Waals surface area contributed by atoms with Crippen molar-refractivity contribution in [1.82, 2.24) is 10.3 Å².